The highest BCUT2D eigenvalue weighted by molar-refractivity contribution is 6.16. The second kappa shape index (κ2) is 6.86. The number of para-hydroxylation sites is 1. The molecule has 0 saturated heterocycles. The highest BCUT2D eigenvalue weighted by Crippen LogP contribution is 2.39. The lowest BCUT2D eigenvalue weighted by Gasteiger charge is -2.10. The first-order valence-electron chi connectivity index (χ1n) is 9.61. The molecule has 0 aliphatic carbocycles. The van der Waals surface area contributed by atoms with Crippen LogP contribution in [0.25, 0.3) is 45.1 Å². The first-order valence-corrected chi connectivity index (χ1v) is 9.61. The number of benzene rings is 4. The van der Waals surface area contributed by atoms with Gasteiger partial charge in [-0.25, -0.2) is 0 Å². The second-order valence-electron chi connectivity index (χ2n) is 7.11. The van der Waals surface area contributed by atoms with Crippen LogP contribution in [0.3, 0.4) is 0 Å². The van der Waals surface area contributed by atoms with Gasteiger partial charge in [0.15, 0.2) is 0 Å². The molecule has 1 nitrogen and oxygen atoms in total. The van der Waals surface area contributed by atoms with E-state index in [2.05, 4.69) is 121 Å². The molecule has 0 bridgehead atoms. The van der Waals surface area contributed by atoms with Crippen LogP contribution in [0.4, 0.5) is 0 Å². The molecule has 0 N–H and O–H groups in total. The summed E-state index contributed by atoms with van der Waals surface area (Å²) in [4.78, 5) is 0. The number of aryl methyl sites for hydroxylation is 1. The molecular weight excluding hydrogens is 338 g/mol. The maximum atomic E-state index is 2.29. The van der Waals surface area contributed by atoms with Crippen molar-refractivity contribution in [1.82, 2.24) is 4.57 Å². The molecule has 28 heavy (non-hydrogen) atoms. The van der Waals surface area contributed by atoms with Gasteiger partial charge in [0.2, 0.25) is 0 Å². The van der Waals surface area contributed by atoms with Crippen molar-refractivity contribution in [3.63, 3.8) is 0 Å². The van der Waals surface area contributed by atoms with Crippen molar-refractivity contribution >= 4 is 34.0 Å². The van der Waals surface area contributed by atoms with Gasteiger partial charge in [0, 0.05) is 28.9 Å². The summed E-state index contributed by atoms with van der Waals surface area (Å²) in [5.74, 6) is 0. The molecule has 4 aromatic carbocycles. The monoisotopic (exact) mass is 359 g/mol. The predicted molar refractivity (Wildman–Crippen MR) is 121 cm³/mol. The van der Waals surface area contributed by atoms with E-state index in [1.807, 2.05) is 0 Å². The van der Waals surface area contributed by atoms with Gasteiger partial charge in [-0.1, -0.05) is 97.1 Å². The summed E-state index contributed by atoms with van der Waals surface area (Å²) >= 11 is 0. The Hall–Kier alpha value is -3.58. The number of fused-ring (bicyclic) bond motifs is 3. The summed E-state index contributed by atoms with van der Waals surface area (Å²) in [5, 5.41) is 2.62. The number of hydrogen-bond acceptors (Lipinski definition) is 0. The van der Waals surface area contributed by atoms with Crippen LogP contribution in [0.2, 0.25) is 0 Å². The zero-order valence-corrected chi connectivity index (χ0v) is 15.8. The summed E-state index contributed by atoms with van der Waals surface area (Å²) in [6.45, 7) is 0. The molecule has 0 atom stereocenters. The van der Waals surface area contributed by atoms with Gasteiger partial charge in [-0.15, -0.1) is 0 Å². The van der Waals surface area contributed by atoms with Crippen molar-refractivity contribution in [3.8, 4) is 11.1 Å². The largest absolute Gasteiger partial charge is 0.344 e. The van der Waals surface area contributed by atoms with Crippen molar-refractivity contribution in [2.24, 2.45) is 7.05 Å². The first-order chi connectivity index (χ1) is 13.8. The van der Waals surface area contributed by atoms with Crippen LogP contribution < -0.4 is 0 Å². The van der Waals surface area contributed by atoms with Gasteiger partial charge in [0.25, 0.3) is 0 Å². The number of hydrogen-bond donors (Lipinski definition) is 0. The summed E-state index contributed by atoms with van der Waals surface area (Å²) in [6, 6.07) is 34.3. The Morgan fingerprint density at radius 1 is 0.607 bits per heavy atom. The second-order valence-corrected chi connectivity index (χ2v) is 7.11. The lowest BCUT2D eigenvalue weighted by atomic mass is 9.93. The van der Waals surface area contributed by atoms with Gasteiger partial charge in [0.1, 0.15) is 0 Å². The fourth-order valence-electron chi connectivity index (χ4n) is 4.07. The van der Waals surface area contributed by atoms with E-state index in [0.717, 1.165) is 0 Å². The maximum Gasteiger partial charge on any atom is 0.0495 e. The maximum absolute atomic E-state index is 2.29. The molecule has 0 saturated carbocycles. The Kier molecular flexibility index (Phi) is 4.06. The van der Waals surface area contributed by atoms with E-state index in [0.29, 0.717) is 0 Å². The van der Waals surface area contributed by atoms with Crippen LogP contribution >= 0.6 is 0 Å². The molecule has 0 unspecified atom stereocenters. The SMILES string of the molecule is Cn1c2ccccc2c2c(-c3ccccc3)c(/C=C/c3ccccc3)ccc21. The van der Waals surface area contributed by atoms with Crippen LogP contribution in [-0.2, 0) is 7.05 Å². The normalized spacial score (nSPS) is 11.6. The van der Waals surface area contributed by atoms with E-state index in [4.69, 9.17) is 0 Å². The van der Waals surface area contributed by atoms with Gasteiger partial charge in [0.05, 0.1) is 0 Å². The average molecular weight is 359 g/mol. The molecule has 0 fully saturated rings. The molecule has 0 aliphatic rings. The number of nitrogens with zero attached hydrogens (tertiary/aromatic N) is 1. The fourth-order valence-corrected chi connectivity index (χ4v) is 4.07. The van der Waals surface area contributed by atoms with E-state index in [1.54, 1.807) is 0 Å². The molecule has 0 radical (unpaired) electrons. The highest BCUT2D eigenvalue weighted by Gasteiger charge is 2.15. The van der Waals surface area contributed by atoms with Crippen LogP contribution in [0, 0.1) is 0 Å². The molecule has 1 heteroatoms. The minimum Gasteiger partial charge on any atom is -0.344 e. The van der Waals surface area contributed by atoms with Crippen molar-refractivity contribution in [2.75, 3.05) is 0 Å². The Labute approximate surface area is 165 Å². The predicted octanol–water partition coefficient (Wildman–Crippen LogP) is 7.17. The van der Waals surface area contributed by atoms with Crippen LogP contribution in [-0.4, -0.2) is 4.57 Å². The van der Waals surface area contributed by atoms with Gasteiger partial charge < -0.3 is 4.57 Å². The third-order valence-electron chi connectivity index (χ3n) is 5.43. The number of aromatic nitrogens is 1. The molecule has 1 heterocycles. The lowest BCUT2D eigenvalue weighted by molar-refractivity contribution is 1.01. The highest BCUT2D eigenvalue weighted by atomic mass is 14.9. The van der Waals surface area contributed by atoms with Crippen molar-refractivity contribution in [3.05, 3.63) is 108 Å². The van der Waals surface area contributed by atoms with Crippen molar-refractivity contribution in [1.29, 1.82) is 0 Å². The fraction of sp³-hybridized carbons (Fsp3) is 0.0370. The Bertz CT molecular complexity index is 1290. The molecule has 134 valence electrons. The average Bonchev–Trinajstić information content (AvgIpc) is 3.06. The molecule has 0 aliphatic heterocycles. The first kappa shape index (κ1) is 16.6. The van der Waals surface area contributed by atoms with Gasteiger partial charge in [-0.3, -0.25) is 0 Å². The van der Waals surface area contributed by atoms with Crippen molar-refractivity contribution in [2.45, 2.75) is 0 Å². The standard InChI is InChI=1S/C27H21N/c1-28-24-15-9-8-14-23(24)27-25(28)19-18-22(17-16-20-10-4-2-5-11-20)26(27)21-12-6-3-7-13-21/h2-19H,1H3/b17-16+. The topological polar surface area (TPSA) is 4.93 Å². The quantitative estimate of drug-likeness (QED) is 0.301. The lowest BCUT2D eigenvalue weighted by Crippen LogP contribution is -1.89. The molecule has 5 rings (SSSR count). The van der Waals surface area contributed by atoms with Crippen LogP contribution in [0.5, 0.6) is 0 Å². The van der Waals surface area contributed by atoms with Crippen LogP contribution in [0.1, 0.15) is 11.1 Å². The Balaban J connectivity index is 1.84. The van der Waals surface area contributed by atoms with Gasteiger partial charge in [-0.05, 0) is 34.4 Å². The summed E-state index contributed by atoms with van der Waals surface area (Å²) in [7, 11) is 2.15. The Morgan fingerprint density at radius 2 is 1.29 bits per heavy atom. The van der Waals surface area contributed by atoms with E-state index in [9.17, 15) is 0 Å². The molecular formula is C27H21N. The minimum atomic E-state index is 1.21. The molecule has 5 aromatic rings. The summed E-state index contributed by atoms with van der Waals surface area (Å²) in [5.41, 5.74) is 7.51. The minimum absolute atomic E-state index is 1.21. The van der Waals surface area contributed by atoms with E-state index in [1.165, 1.54) is 44.1 Å². The van der Waals surface area contributed by atoms with E-state index in [-0.39, 0.29) is 0 Å². The van der Waals surface area contributed by atoms with Gasteiger partial charge in [-0.2, -0.15) is 0 Å². The third-order valence-corrected chi connectivity index (χ3v) is 5.43. The molecule has 1 aromatic heterocycles. The zero-order valence-electron chi connectivity index (χ0n) is 15.8. The van der Waals surface area contributed by atoms with E-state index < -0.39 is 0 Å². The van der Waals surface area contributed by atoms with Crippen LogP contribution in [0.15, 0.2) is 97.1 Å². The van der Waals surface area contributed by atoms with E-state index >= 15 is 0 Å². The third kappa shape index (κ3) is 2.73. The smallest absolute Gasteiger partial charge is 0.0495 e. The van der Waals surface area contributed by atoms with Gasteiger partial charge >= 0.3 is 0 Å². The zero-order chi connectivity index (χ0) is 18.9. The summed E-state index contributed by atoms with van der Waals surface area (Å²) < 4.78 is 2.29. The Morgan fingerprint density at radius 3 is 2.07 bits per heavy atom. The molecule has 0 spiro atoms. The number of rotatable bonds is 3. The van der Waals surface area contributed by atoms with Crippen molar-refractivity contribution < 1.29 is 0 Å². The summed E-state index contributed by atoms with van der Waals surface area (Å²) in [6.07, 6.45) is 4.43. The molecule has 0 amide bonds.